The van der Waals surface area contributed by atoms with Crippen molar-refractivity contribution in [1.29, 1.82) is 0 Å². The van der Waals surface area contributed by atoms with Crippen LogP contribution in [0.1, 0.15) is 23.7 Å². The number of anilines is 2. The van der Waals surface area contributed by atoms with Crippen LogP contribution in [0.3, 0.4) is 0 Å². The lowest BCUT2D eigenvalue weighted by molar-refractivity contribution is -0.115. The lowest BCUT2D eigenvalue weighted by Crippen LogP contribution is -2.15. The van der Waals surface area contributed by atoms with E-state index in [0.29, 0.717) is 28.4 Å². The summed E-state index contributed by atoms with van der Waals surface area (Å²) in [5, 5.41) is 6.24. The van der Waals surface area contributed by atoms with Crippen LogP contribution in [0, 0.1) is 0 Å². The van der Waals surface area contributed by atoms with E-state index in [1.54, 1.807) is 49.4 Å². The second-order valence-electron chi connectivity index (χ2n) is 5.69. The first kappa shape index (κ1) is 17.8. The van der Waals surface area contributed by atoms with Crippen LogP contribution in [-0.2, 0) is 4.79 Å². The molecule has 0 bridgehead atoms. The van der Waals surface area contributed by atoms with Crippen LogP contribution in [0.15, 0.2) is 67.0 Å². The molecule has 6 heteroatoms. The molecular formula is C20H18ClN3O2. The van der Waals surface area contributed by atoms with Gasteiger partial charge in [-0.2, -0.15) is 0 Å². The van der Waals surface area contributed by atoms with Crippen molar-refractivity contribution < 1.29 is 9.59 Å². The van der Waals surface area contributed by atoms with Gasteiger partial charge in [0.1, 0.15) is 0 Å². The van der Waals surface area contributed by atoms with Crippen LogP contribution in [0.5, 0.6) is 0 Å². The fourth-order valence-electron chi connectivity index (χ4n) is 2.50. The second-order valence-corrected chi connectivity index (χ2v) is 6.12. The van der Waals surface area contributed by atoms with Crippen molar-refractivity contribution in [1.82, 2.24) is 4.57 Å². The molecule has 26 heavy (non-hydrogen) atoms. The highest BCUT2D eigenvalue weighted by atomic mass is 35.5. The first-order valence-corrected chi connectivity index (χ1v) is 8.59. The van der Waals surface area contributed by atoms with Gasteiger partial charge in [0.15, 0.2) is 0 Å². The summed E-state index contributed by atoms with van der Waals surface area (Å²) < 4.78 is 1.87. The van der Waals surface area contributed by atoms with E-state index < -0.39 is 0 Å². The highest BCUT2D eigenvalue weighted by Gasteiger charge is 2.12. The maximum Gasteiger partial charge on any atom is 0.255 e. The number of hydrogen-bond acceptors (Lipinski definition) is 2. The summed E-state index contributed by atoms with van der Waals surface area (Å²) in [5.74, 6) is -0.372. The number of carbonyl (C=O) groups excluding carboxylic acids is 2. The predicted octanol–water partition coefficient (Wildman–Crippen LogP) is 4.73. The molecule has 1 heterocycles. The van der Waals surface area contributed by atoms with Gasteiger partial charge in [-0.3, -0.25) is 9.59 Å². The Bertz CT molecular complexity index is 936. The number of halogens is 1. The Labute approximate surface area is 156 Å². The number of nitrogens with one attached hydrogen (secondary N) is 2. The van der Waals surface area contributed by atoms with E-state index in [-0.39, 0.29) is 11.8 Å². The van der Waals surface area contributed by atoms with Gasteiger partial charge in [0, 0.05) is 35.1 Å². The molecule has 0 saturated carbocycles. The van der Waals surface area contributed by atoms with Crippen molar-refractivity contribution in [3.05, 3.63) is 77.6 Å². The topological polar surface area (TPSA) is 63.1 Å². The van der Waals surface area contributed by atoms with Crippen LogP contribution >= 0.6 is 11.6 Å². The molecule has 0 aliphatic rings. The van der Waals surface area contributed by atoms with E-state index in [0.717, 1.165) is 5.69 Å². The lowest BCUT2D eigenvalue weighted by Gasteiger charge is -2.13. The van der Waals surface area contributed by atoms with Crippen molar-refractivity contribution >= 4 is 34.8 Å². The molecule has 3 rings (SSSR count). The summed E-state index contributed by atoms with van der Waals surface area (Å²) in [6.45, 7) is 1.77. The highest BCUT2D eigenvalue weighted by molar-refractivity contribution is 6.31. The average Bonchev–Trinajstić information content (AvgIpc) is 3.17. The molecule has 0 saturated heterocycles. The molecule has 2 N–H and O–H groups in total. The molecule has 1 aromatic heterocycles. The van der Waals surface area contributed by atoms with Crippen molar-refractivity contribution in [3.8, 4) is 5.69 Å². The first-order chi connectivity index (χ1) is 12.6. The summed E-state index contributed by atoms with van der Waals surface area (Å²) in [5.41, 5.74) is 2.45. The zero-order chi connectivity index (χ0) is 18.5. The number of benzene rings is 2. The predicted molar refractivity (Wildman–Crippen MR) is 104 cm³/mol. The summed E-state index contributed by atoms with van der Waals surface area (Å²) in [4.78, 5) is 24.2. The van der Waals surface area contributed by atoms with E-state index >= 15 is 0 Å². The average molecular weight is 368 g/mol. The SMILES string of the molecule is CCC(=O)Nc1cccc(C(=O)Nc2ccc(Cl)cc2-n2cccc2)c1. The third-order valence-corrected chi connectivity index (χ3v) is 4.06. The van der Waals surface area contributed by atoms with Crippen molar-refractivity contribution in [3.63, 3.8) is 0 Å². The van der Waals surface area contributed by atoms with E-state index in [4.69, 9.17) is 11.6 Å². The molecule has 0 radical (unpaired) electrons. The number of nitrogens with zero attached hydrogens (tertiary/aromatic N) is 1. The molecule has 2 amide bonds. The Morgan fingerprint density at radius 2 is 1.77 bits per heavy atom. The van der Waals surface area contributed by atoms with Gasteiger partial charge in [0.05, 0.1) is 11.4 Å². The molecule has 0 aliphatic heterocycles. The van der Waals surface area contributed by atoms with Crippen LogP contribution in [0.25, 0.3) is 5.69 Å². The highest BCUT2D eigenvalue weighted by Crippen LogP contribution is 2.25. The Morgan fingerprint density at radius 1 is 1.00 bits per heavy atom. The van der Waals surface area contributed by atoms with Crippen LogP contribution < -0.4 is 10.6 Å². The monoisotopic (exact) mass is 367 g/mol. The Morgan fingerprint density at radius 3 is 2.50 bits per heavy atom. The molecular weight excluding hydrogens is 350 g/mol. The van der Waals surface area contributed by atoms with Crippen LogP contribution in [0.2, 0.25) is 5.02 Å². The zero-order valence-corrected chi connectivity index (χ0v) is 15.0. The normalized spacial score (nSPS) is 10.4. The van der Waals surface area contributed by atoms with E-state index in [9.17, 15) is 9.59 Å². The summed E-state index contributed by atoms with van der Waals surface area (Å²) in [6.07, 6.45) is 4.13. The minimum absolute atomic E-state index is 0.102. The fourth-order valence-corrected chi connectivity index (χ4v) is 2.67. The smallest absolute Gasteiger partial charge is 0.255 e. The molecule has 0 aliphatic carbocycles. The Balaban J connectivity index is 1.85. The van der Waals surface area contributed by atoms with Gasteiger partial charge < -0.3 is 15.2 Å². The number of amides is 2. The van der Waals surface area contributed by atoms with Gasteiger partial charge in [0.25, 0.3) is 5.91 Å². The van der Waals surface area contributed by atoms with E-state index in [2.05, 4.69) is 10.6 Å². The van der Waals surface area contributed by atoms with Crippen LogP contribution in [-0.4, -0.2) is 16.4 Å². The maximum atomic E-state index is 12.7. The second kappa shape index (κ2) is 7.89. The first-order valence-electron chi connectivity index (χ1n) is 8.21. The van der Waals surface area contributed by atoms with Gasteiger partial charge in [-0.1, -0.05) is 24.6 Å². The van der Waals surface area contributed by atoms with Crippen molar-refractivity contribution in [2.24, 2.45) is 0 Å². The molecule has 0 unspecified atom stereocenters. The minimum Gasteiger partial charge on any atom is -0.326 e. The zero-order valence-electron chi connectivity index (χ0n) is 14.2. The Kier molecular flexibility index (Phi) is 5.39. The molecule has 3 aromatic rings. The van der Waals surface area contributed by atoms with Gasteiger partial charge in [0.2, 0.25) is 5.91 Å². The van der Waals surface area contributed by atoms with Crippen molar-refractivity contribution in [2.75, 3.05) is 10.6 Å². The fraction of sp³-hybridized carbons (Fsp3) is 0.100. The molecule has 132 valence electrons. The molecule has 2 aromatic carbocycles. The lowest BCUT2D eigenvalue weighted by atomic mass is 10.1. The third-order valence-electron chi connectivity index (χ3n) is 3.82. The van der Waals surface area contributed by atoms with Gasteiger partial charge in [-0.25, -0.2) is 0 Å². The largest absolute Gasteiger partial charge is 0.326 e. The molecule has 0 fully saturated rings. The van der Waals surface area contributed by atoms with Gasteiger partial charge >= 0.3 is 0 Å². The Hall–Kier alpha value is -3.05. The standard InChI is InChI=1S/C20H18ClN3O2/c1-2-19(25)22-16-7-5-6-14(12-16)20(26)23-17-9-8-15(21)13-18(17)24-10-3-4-11-24/h3-13H,2H2,1H3,(H,22,25)(H,23,26). The van der Waals surface area contributed by atoms with Gasteiger partial charge in [-0.15, -0.1) is 0 Å². The number of rotatable bonds is 5. The quantitative estimate of drug-likeness (QED) is 0.684. The third kappa shape index (κ3) is 4.13. The number of carbonyl (C=O) groups is 2. The van der Waals surface area contributed by atoms with E-state index in [1.165, 1.54) is 0 Å². The number of aromatic nitrogens is 1. The maximum absolute atomic E-state index is 12.7. The summed E-state index contributed by atoms with van der Waals surface area (Å²) in [7, 11) is 0. The summed E-state index contributed by atoms with van der Waals surface area (Å²) in [6, 6.07) is 15.9. The van der Waals surface area contributed by atoms with Crippen molar-refractivity contribution in [2.45, 2.75) is 13.3 Å². The minimum atomic E-state index is -0.270. The summed E-state index contributed by atoms with van der Waals surface area (Å²) >= 11 is 6.10. The van der Waals surface area contributed by atoms with Crippen LogP contribution in [0.4, 0.5) is 11.4 Å². The molecule has 0 spiro atoms. The number of hydrogen-bond donors (Lipinski definition) is 2. The van der Waals surface area contributed by atoms with E-state index in [1.807, 2.05) is 29.1 Å². The molecule has 0 atom stereocenters. The molecule has 5 nitrogen and oxygen atoms in total. The van der Waals surface area contributed by atoms with Gasteiger partial charge in [-0.05, 0) is 48.5 Å².